The van der Waals surface area contributed by atoms with Crippen molar-refractivity contribution in [3.8, 4) is 0 Å². The van der Waals surface area contributed by atoms with Gasteiger partial charge in [-0.3, -0.25) is 4.79 Å². The van der Waals surface area contributed by atoms with Gasteiger partial charge in [0.15, 0.2) is 0 Å². The van der Waals surface area contributed by atoms with E-state index in [-0.39, 0.29) is 0 Å². The molecule has 0 radical (unpaired) electrons. The van der Waals surface area contributed by atoms with E-state index in [4.69, 9.17) is 9.72 Å². The first-order valence-electron chi connectivity index (χ1n) is 9.26. The Balaban J connectivity index is 1.97. The molecule has 144 valence electrons. The Kier molecular flexibility index (Phi) is 5.62. The Morgan fingerprint density at radius 1 is 1.12 bits per heavy atom. The molecule has 1 aromatic rings. The van der Waals surface area contributed by atoms with Crippen molar-refractivity contribution in [2.75, 3.05) is 69.3 Å². The number of likely N-dealkylation sites (N-methyl/N-ethyl adjacent to an activating group) is 1. The van der Waals surface area contributed by atoms with Gasteiger partial charge in [-0.1, -0.05) is 0 Å². The van der Waals surface area contributed by atoms with Crippen LogP contribution in [0, 0.1) is 0 Å². The SMILES string of the molecule is CN1CCCN(c2ncc(C(C)(C)C(=O)O)c(N3CCOCC3)n2)CC1. The summed E-state index contributed by atoms with van der Waals surface area (Å²) in [4.78, 5) is 27.8. The average Bonchev–Trinajstić information content (AvgIpc) is 2.86. The lowest BCUT2D eigenvalue weighted by Crippen LogP contribution is -2.40. The zero-order valence-corrected chi connectivity index (χ0v) is 15.9. The monoisotopic (exact) mass is 363 g/mol. The number of carboxylic acid groups (broad SMARTS) is 1. The number of hydrogen-bond acceptors (Lipinski definition) is 7. The van der Waals surface area contributed by atoms with Crippen LogP contribution in [-0.4, -0.2) is 85.5 Å². The smallest absolute Gasteiger partial charge is 0.313 e. The van der Waals surface area contributed by atoms with Crippen LogP contribution in [0.2, 0.25) is 0 Å². The Hall–Kier alpha value is -1.93. The van der Waals surface area contributed by atoms with Crippen LogP contribution in [0.1, 0.15) is 25.8 Å². The van der Waals surface area contributed by atoms with E-state index in [0.29, 0.717) is 37.8 Å². The van der Waals surface area contributed by atoms with Crippen molar-refractivity contribution in [3.63, 3.8) is 0 Å². The van der Waals surface area contributed by atoms with Crippen LogP contribution in [0.5, 0.6) is 0 Å². The summed E-state index contributed by atoms with van der Waals surface area (Å²) < 4.78 is 5.45. The minimum Gasteiger partial charge on any atom is -0.481 e. The molecule has 0 spiro atoms. The molecule has 0 aromatic carbocycles. The van der Waals surface area contributed by atoms with E-state index in [9.17, 15) is 9.90 Å². The fourth-order valence-corrected chi connectivity index (χ4v) is 3.34. The van der Waals surface area contributed by atoms with Crippen molar-refractivity contribution in [1.82, 2.24) is 14.9 Å². The second-order valence-electron chi connectivity index (χ2n) is 7.58. The van der Waals surface area contributed by atoms with E-state index in [1.54, 1.807) is 20.0 Å². The van der Waals surface area contributed by atoms with E-state index >= 15 is 0 Å². The highest BCUT2D eigenvalue weighted by atomic mass is 16.5. The molecule has 3 heterocycles. The first-order valence-corrected chi connectivity index (χ1v) is 9.26. The molecular formula is C18H29N5O3. The molecule has 8 nitrogen and oxygen atoms in total. The maximum Gasteiger partial charge on any atom is 0.313 e. The number of morpholine rings is 1. The van der Waals surface area contributed by atoms with E-state index in [1.165, 1.54) is 0 Å². The van der Waals surface area contributed by atoms with Crippen LogP contribution in [0.4, 0.5) is 11.8 Å². The molecule has 0 atom stereocenters. The molecule has 1 N–H and O–H groups in total. The molecule has 2 aliphatic heterocycles. The summed E-state index contributed by atoms with van der Waals surface area (Å²) in [5, 5.41) is 9.69. The Bertz CT molecular complexity index is 646. The van der Waals surface area contributed by atoms with Crippen LogP contribution in [-0.2, 0) is 14.9 Å². The molecule has 26 heavy (non-hydrogen) atoms. The minimum absolute atomic E-state index is 0.626. The van der Waals surface area contributed by atoms with Crippen LogP contribution >= 0.6 is 0 Å². The number of hydrogen-bond donors (Lipinski definition) is 1. The van der Waals surface area contributed by atoms with Crippen LogP contribution in [0.3, 0.4) is 0 Å². The van der Waals surface area contributed by atoms with Crippen LogP contribution < -0.4 is 9.80 Å². The third kappa shape index (κ3) is 3.91. The number of aromatic nitrogens is 2. The molecular weight excluding hydrogens is 334 g/mol. The quantitative estimate of drug-likeness (QED) is 0.842. The van der Waals surface area contributed by atoms with Crippen molar-refractivity contribution < 1.29 is 14.6 Å². The maximum atomic E-state index is 11.8. The lowest BCUT2D eigenvalue weighted by Gasteiger charge is -2.33. The number of aliphatic carboxylic acids is 1. The van der Waals surface area contributed by atoms with E-state index < -0.39 is 11.4 Å². The molecule has 0 amide bonds. The van der Waals surface area contributed by atoms with Crippen molar-refractivity contribution >= 4 is 17.7 Å². The van der Waals surface area contributed by atoms with Crippen LogP contribution in [0.15, 0.2) is 6.20 Å². The molecule has 0 unspecified atom stereocenters. The number of carboxylic acids is 1. The van der Waals surface area contributed by atoms with Gasteiger partial charge in [0.1, 0.15) is 5.82 Å². The maximum absolute atomic E-state index is 11.8. The van der Waals surface area contributed by atoms with Gasteiger partial charge in [-0.2, -0.15) is 4.98 Å². The topological polar surface area (TPSA) is 82.0 Å². The van der Waals surface area contributed by atoms with E-state index in [0.717, 1.165) is 38.4 Å². The summed E-state index contributed by atoms with van der Waals surface area (Å²) in [6.45, 7) is 9.91. The van der Waals surface area contributed by atoms with Gasteiger partial charge in [-0.15, -0.1) is 0 Å². The fourth-order valence-electron chi connectivity index (χ4n) is 3.34. The molecule has 8 heteroatoms. The third-order valence-corrected chi connectivity index (χ3v) is 5.28. The second kappa shape index (κ2) is 7.75. The highest BCUT2D eigenvalue weighted by molar-refractivity contribution is 5.82. The molecule has 0 bridgehead atoms. The van der Waals surface area contributed by atoms with Crippen LogP contribution in [0.25, 0.3) is 0 Å². The number of carbonyl (C=O) groups is 1. The summed E-state index contributed by atoms with van der Waals surface area (Å²) in [6.07, 6.45) is 2.77. The molecule has 3 rings (SSSR count). The second-order valence-corrected chi connectivity index (χ2v) is 7.58. The lowest BCUT2D eigenvalue weighted by atomic mass is 9.85. The lowest BCUT2D eigenvalue weighted by molar-refractivity contribution is -0.142. The Labute approximate surface area is 154 Å². The largest absolute Gasteiger partial charge is 0.481 e. The van der Waals surface area contributed by atoms with Gasteiger partial charge in [-0.25, -0.2) is 4.98 Å². The first kappa shape index (κ1) is 18.8. The zero-order chi connectivity index (χ0) is 18.7. The highest BCUT2D eigenvalue weighted by Crippen LogP contribution is 2.32. The van der Waals surface area contributed by atoms with Gasteiger partial charge in [0, 0.05) is 44.5 Å². The van der Waals surface area contributed by atoms with Gasteiger partial charge in [0.25, 0.3) is 0 Å². The Morgan fingerprint density at radius 2 is 1.85 bits per heavy atom. The summed E-state index contributed by atoms with van der Waals surface area (Å²) in [7, 11) is 2.13. The molecule has 1 aromatic heterocycles. The van der Waals surface area contributed by atoms with Gasteiger partial charge >= 0.3 is 5.97 Å². The minimum atomic E-state index is -1.05. The Morgan fingerprint density at radius 3 is 2.54 bits per heavy atom. The fraction of sp³-hybridized carbons (Fsp3) is 0.722. The standard InChI is InChI=1S/C18H29N5O3/c1-18(2,16(24)25)14-13-19-17(23-6-4-5-21(3)7-8-23)20-15(14)22-9-11-26-12-10-22/h13H,4-12H2,1-3H3,(H,24,25). The van der Waals surface area contributed by atoms with Crippen molar-refractivity contribution in [2.45, 2.75) is 25.7 Å². The number of anilines is 2. The number of nitrogens with zero attached hydrogens (tertiary/aromatic N) is 5. The van der Waals surface area contributed by atoms with Gasteiger partial charge < -0.3 is 24.5 Å². The summed E-state index contributed by atoms with van der Waals surface area (Å²) in [6, 6.07) is 0. The zero-order valence-electron chi connectivity index (χ0n) is 15.9. The van der Waals surface area contributed by atoms with Crippen molar-refractivity contribution in [3.05, 3.63) is 11.8 Å². The van der Waals surface area contributed by atoms with Gasteiger partial charge in [-0.05, 0) is 33.9 Å². The first-order chi connectivity index (χ1) is 12.4. The molecule has 2 aliphatic rings. The van der Waals surface area contributed by atoms with Gasteiger partial charge in [0.2, 0.25) is 5.95 Å². The number of ether oxygens (including phenoxy) is 1. The normalized spacial score (nSPS) is 20.1. The van der Waals surface area contributed by atoms with Gasteiger partial charge in [0.05, 0.1) is 18.6 Å². The summed E-state index contributed by atoms with van der Waals surface area (Å²) >= 11 is 0. The highest BCUT2D eigenvalue weighted by Gasteiger charge is 2.35. The van der Waals surface area contributed by atoms with E-state index in [1.807, 2.05) is 0 Å². The van der Waals surface area contributed by atoms with Crippen molar-refractivity contribution in [2.24, 2.45) is 0 Å². The number of rotatable bonds is 4. The summed E-state index contributed by atoms with van der Waals surface area (Å²) in [5.41, 5.74) is -0.395. The predicted molar refractivity (Wildman–Crippen MR) is 100 cm³/mol. The third-order valence-electron chi connectivity index (χ3n) is 5.28. The molecule has 2 fully saturated rings. The molecule has 0 aliphatic carbocycles. The average molecular weight is 363 g/mol. The van der Waals surface area contributed by atoms with Crippen molar-refractivity contribution in [1.29, 1.82) is 0 Å². The van der Waals surface area contributed by atoms with E-state index in [2.05, 4.69) is 26.7 Å². The predicted octanol–water partition coefficient (Wildman–Crippen LogP) is 0.817. The molecule has 0 saturated carbocycles. The molecule has 2 saturated heterocycles. The summed E-state index contributed by atoms with van der Waals surface area (Å²) in [5.74, 6) is 0.537.